The molecule has 3 nitrogen and oxygen atoms in total. The standard InChI is InChI=1S/C22H25FN2O/c1-5-10-25-20-12-18(23)16(11-17(20)15(2)13-22(25,3)4)14-24-19-8-6-7-9-21(19)26/h6-9,11-14,26H,5,10H2,1-4H3. The lowest BCUT2D eigenvalue weighted by Crippen LogP contribution is -2.45. The molecule has 26 heavy (non-hydrogen) atoms. The molecule has 0 saturated carbocycles. The van der Waals surface area contributed by atoms with Gasteiger partial charge in [-0.2, -0.15) is 0 Å². The smallest absolute Gasteiger partial charge is 0.141 e. The van der Waals surface area contributed by atoms with Gasteiger partial charge in [0, 0.05) is 29.6 Å². The van der Waals surface area contributed by atoms with Gasteiger partial charge in [-0.1, -0.05) is 25.1 Å². The summed E-state index contributed by atoms with van der Waals surface area (Å²) in [5.74, 6) is -0.233. The first kappa shape index (κ1) is 18.2. The van der Waals surface area contributed by atoms with E-state index in [2.05, 4.69) is 43.7 Å². The van der Waals surface area contributed by atoms with Crippen molar-refractivity contribution >= 4 is 23.2 Å². The zero-order valence-electron chi connectivity index (χ0n) is 15.8. The summed E-state index contributed by atoms with van der Waals surface area (Å²) >= 11 is 0. The predicted molar refractivity (Wildman–Crippen MR) is 107 cm³/mol. The maximum absolute atomic E-state index is 14.8. The topological polar surface area (TPSA) is 35.8 Å². The van der Waals surface area contributed by atoms with Crippen molar-refractivity contribution in [2.24, 2.45) is 4.99 Å². The van der Waals surface area contributed by atoms with Gasteiger partial charge in [0.15, 0.2) is 0 Å². The average molecular weight is 352 g/mol. The molecule has 3 rings (SSSR count). The van der Waals surface area contributed by atoms with Crippen LogP contribution in [-0.2, 0) is 0 Å². The van der Waals surface area contributed by atoms with Crippen molar-refractivity contribution in [1.29, 1.82) is 0 Å². The number of phenols is 1. The fourth-order valence-electron chi connectivity index (χ4n) is 3.56. The molecule has 2 aromatic carbocycles. The highest BCUT2D eigenvalue weighted by molar-refractivity contribution is 5.89. The molecule has 1 heterocycles. The molecule has 0 spiro atoms. The summed E-state index contributed by atoms with van der Waals surface area (Å²) < 4.78 is 14.8. The van der Waals surface area contributed by atoms with E-state index >= 15 is 0 Å². The minimum atomic E-state index is -0.311. The van der Waals surface area contributed by atoms with E-state index in [-0.39, 0.29) is 17.1 Å². The van der Waals surface area contributed by atoms with E-state index in [0.717, 1.165) is 29.8 Å². The summed E-state index contributed by atoms with van der Waals surface area (Å²) in [4.78, 5) is 6.50. The number of allylic oxidation sites excluding steroid dienone is 1. The molecule has 0 bridgehead atoms. The van der Waals surface area contributed by atoms with E-state index in [0.29, 0.717) is 11.3 Å². The predicted octanol–water partition coefficient (Wildman–Crippen LogP) is 5.69. The monoisotopic (exact) mass is 352 g/mol. The van der Waals surface area contributed by atoms with Gasteiger partial charge < -0.3 is 10.0 Å². The number of phenolic OH excluding ortho intramolecular Hbond substituents is 1. The van der Waals surface area contributed by atoms with E-state index in [1.165, 1.54) is 6.21 Å². The zero-order valence-corrected chi connectivity index (χ0v) is 15.8. The van der Waals surface area contributed by atoms with Crippen LogP contribution < -0.4 is 4.90 Å². The van der Waals surface area contributed by atoms with E-state index in [1.54, 1.807) is 30.3 Å². The molecule has 2 aromatic rings. The number of para-hydroxylation sites is 2. The van der Waals surface area contributed by atoms with Gasteiger partial charge in [0.1, 0.15) is 17.3 Å². The summed E-state index contributed by atoms with van der Waals surface area (Å²) in [6, 6.07) is 10.2. The molecule has 0 aromatic heterocycles. The minimum Gasteiger partial charge on any atom is -0.506 e. The highest BCUT2D eigenvalue weighted by Gasteiger charge is 2.31. The molecule has 4 heteroatoms. The van der Waals surface area contributed by atoms with Gasteiger partial charge >= 0.3 is 0 Å². The van der Waals surface area contributed by atoms with Gasteiger partial charge in [-0.15, -0.1) is 0 Å². The third-order valence-corrected chi connectivity index (χ3v) is 4.77. The van der Waals surface area contributed by atoms with Gasteiger partial charge in [-0.25, -0.2) is 4.39 Å². The molecule has 0 saturated heterocycles. The maximum atomic E-state index is 14.8. The Hall–Kier alpha value is -2.62. The summed E-state index contributed by atoms with van der Waals surface area (Å²) in [7, 11) is 0. The van der Waals surface area contributed by atoms with Crippen LogP contribution in [0.2, 0.25) is 0 Å². The first-order chi connectivity index (χ1) is 12.3. The summed E-state index contributed by atoms with van der Waals surface area (Å²) in [6.07, 6.45) is 4.70. The highest BCUT2D eigenvalue weighted by atomic mass is 19.1. The number of aromatic hydroxyl groups is 1. The molecular formula is C22H25FN2O. The van der Waals surface area contributed by atoms with Crippen LogP contribution in [0.4, 0.5) is 15.8 Å². The Balaban J connectivity index is 2.04. The molecular weight excluding hydrogens is 327 g/mol. The van der Waals surface area contributed by atoms with Gasteiger partial charge in [0.05, 0.1) is 5.54 Å². The number of nitrogens with zero attached hydrogens (tertiary/aromatic N) is 2. The van der Waals surface area contributed by atoms with E-state index in [1.807, 2.05) is 6.07 Å². The van der Waals surface area contributed by atoms with E-state index in [4.69, 9.17) is 0 Å². The van der Waals surface area contributed by atoms with Crippen LogP contribution >= 0.6 is 0 Å². The number of hydrogen-bond acceptors (Lipinski definition) is 3. The first-order valence-corrected chi connectivity index (χ1v) is 8.96. The molecule has 0 fully saturated rings. The lowest BCUT2D eigenvalue weighted by Gasteiger charge is -2.43. The number of anilines is 1. The van der Waals surface area contributed by atoms with Gasteiger partial charge in [0.2, 0.25) is 0 Å². The van der Waals surface area contributed by atoms with Crippen LogP contribution in [0.5, 0.6) is 5.75 Å². The molecule has 0 unspecified atom stereocenters. The molecule has 0 radical (unpaired) electrons. The zero-order chi connectivity index (χ0) is 18.9. The molecule has 1 aliphatic rings. The number of aliphatic imine (C=N–C) groups is 1. The normalized spacial score (nSPS) is 15.9. The number of halogens is 1. The molecule has 0 amide bonds. The van der Waals surface area contributed by atoms with Crippen molar-refractivity contribution in [3.05, 3.63) is 59.4 Å². The second-order valence-corrected chi connectivity index (χ2v) is 7.27. The molecule has 0 atom stereocenters. The van der Waals surface area contributed by atoms with Crippen LogP contribution in [0.1, 0.15) is 45.2 Å². The van der Waals surface area contributed by atoms with Crippen LogP contribution in [-0.4, -0.2) is 23.4 Å². The largest absolute Gasteiger partial charge is 0.506 e. The maximum Gasteiger partial charge on any atom is 0.141 e. The second kappa shape index (κ2) is 6.94. The Kier molecular flexibility index (Phi) is 4.86. The Morgan fingerprint density at radius 2 is 1.96 bits per heavy atom. The molecule has 1 aliphatic heterocycles. The van der Waals surface area contributed by atoms with Crippen LogP contribution in [0.15, 0.2) is 47.5 Å². The van der Waals surface area contributed by atoms with Crippen molar-refractivity contribution in [2.45, 2.75) is 39.7 Å². The number of fused-ring (bicyclic) bond motifs is 1. The Bertz CT molecular complexity index is 884. The second-order valence-electron chi connectivity index (χ2n) is 7.27. The molecule has 0 aliphatic carbocycles. The van der Waals surface area contributed by atoms with Crippen LogP contribution in [0.3, 0.4) is 0 Å². The van der Waals surface area contributed by atoms with Crippen molar-refractivity contribution in [1.82, 2.24) is 0 Å². The van der Waals surface area contributed by atoms with Gasteiger partial charge in [0.25, 0.3) is 0 Å². The van der Waals surface area contributed by atoms with Gasteiger partial charge in [-0.05, 0) is 57.0 Å². The van der Waals surface area contributed by atoms with Crippen LogP contribution in [0.25, 0.3) is 5.57 Å². The van der Waals surface area contributed by atoms with Crippen molar-refractivity contribution < 1.29 is 9.50 Å². The SMILES string of the molecule is CCCN1c2cc(F)c(C=Nc3ccccc3O)cc2C(C)=CC1(C)C. The van der Waals surface area contributed by atoms with Crippen molar-refractivity contribution in [3.8, 4) is 5.75 Å². The number of hydrogen-bond donors (Lipinski definition) is 1. The minimum absolute atomic E-state index is 0.0778. The Morgan fingerprint density at radius 3 is 2.65 bits per heavy atom. The fourth-order valence-corrected chi connectivity index (χ4v) is 3.56. The molecule has 1 N–H and O–H groups in total. The lowest BCUT2D eigenvalue weighted by molar-refractivity contribution is 0.477. The summed E-state index contributed by atoms with van der Waals surface area (Å²) in [5.41, 5.74) is 3.77. The summed E-state index contributed by atoms with van der Waals surface area (Å²) in [5, 5.41) is 9.82. The van der Waals surface area contributed by atoms with E-state index in [9.17, 15) is 9.50 Å². The average Bonchev–Trinajstić information content (AvgIpc) is 2.58. The van der Waals surface area contributed by atoms with Crippen molar-refractivity contribution in [3.63, 3.8) is 0 Å². The van der Waals surface area contributed by atoms with Crippen molar-refractivity contribution in [2.75, 3.05) is 11.4 Å². The third-order valence-electron chi connectivity index (χ3n) is 4.77. The fraction of sp³-hybridized carbons (Fsp3) is 0.318. The summed E-state index contributed by atoms with van der Waals surface area (Å²) in [6.45, 7) is 9.37. The number of benzene rings is 2. The third kappa shape index (κ3) is 3.36. The van der Waals surface area contributed by atoms with Crippen LogP contribution in [0, 0.1) is 5.82 Å². The highest BCUT2D eigenvalue weighted by Crippen LogP contribution is 2.40. The Morgan fingerprint density at radius 1 is 1.23 bits per heavy atom. The van der Waals surface area contributed by atoms with E-state index < -0.39 is 0 Å². The quantitative estimate of drug-likeness (QED) is 0.717. The van der Waals surface area contributed by atoms with Gasteiger partial charge in [-0.3, -0.25) is 4.99 Å². The first-order valence-electron chi connectivity index (χ1n) is 8.96. The number of rotatable bonds is 4. The Labute approximate surface area is 154 Å². The molecule has 136 valence electrons. The lowest BCUT2D eigenvalue weighted by atomic mass is 9.87.